The van der Waals surface area contributed by atoms with Crippen LogP contribution in [-0.4, -0.2) is 16.5 Å². The lowest BCUT2D eigenvalue weighted by molar-refractivity contribution is 0.517. The number of nitrogen functional groups attached to an aromatic ring is 1. The summed E-state index contributed by atoms with van der Waals surface area (Å²) in [6.45, 7) is 2.91. The van der Waals surface area contributed by atoms with Crippen molar-refractivity contribution in [1.82, 2.24) is 9.97 Å². The molecule has 1 heterocycles. The molecule has 1 aromatic heterocycles. The van der Waals surface area contributed by atoms with E-state index in [2.05, 4.69) is 22.2 Å². The number of nitrogens with one attached hydrogen (secondary N) is 1. The minimum absolute atomic E-state index is 0.0974. The zero-order valence-electron chi connectivity index (χ0n) is 8.76. The number of halogens is 1. The molecule has 1 saturated carbocycles. The molecular weight excluding hydrogens is 195 g/mol. The molecule has 0 unspecified atom stereocenters. The first-order valence-corrected chi connectivity index (χ1v) is 5.17. The highest BCUT2D eigenvalue weighted by Gasteiger charge is 2.40. The van der Waals surface area contributed by atoms with Crippen molar-refractivity contribution in [3.05, 3.63) is 12.0 Å². The molecule has 1 fully saturated rings. The van der Waals surface area contributed by atoms with Gasteiger partial charge in [-0.25, -0.2) is 9.37 Å². The summed E-state index contributed by atoms with van der Waals surface area (Å²) in [4.78, 5) is 7.39. The minimum atomic E-state index is -0.448. The second kappa shape index (κ2) is 3.64. The molecule has 1 aliphatic rings. The topological polar surface area (TPSA) is 63.8 Å². The molecule has 2 rings (SSSR count). The number of aromatic nitrogens is 2. The van der Waals surface area contributed by atoms with E-state index in [-0.39, 0.29) is 11.8 Å². The van der Waals surface area contributed by atoms with Crippen molar-refractivity contribution in [3.8, 4) is 0 Å². The third-order valence-electron chi connectivity index (χ3n) is 3.10. The van der Waals surface area contributed by atoms with E-state index in [1.54, 1.807) is 0 Å². The number of hydrogen-bond donors (Lipinski definition) is 2. The van der Waals surface area contributed by atoms with Gasteiger partial charge in [-0.2, -0.15) is 4.98 Å². The van der Waals surface area contributed by atoms with Crippen LogP contribution in [-0.2, 0) is 0 Å². The first-order chi connectivity index (χ1) is 7.15. The lowest BCUT2D eigenvalue weighted by atomic mass is 10.0. The number of hydrogen-bond acceptors (Lipinski definition) is 4. The summed E-state index contributed by atoms with van der Waals surface area (Å²) in [5, 5.41) is 3.00. The van der Waals surface area contributed by atoms with Crippen LogP contribution in [0.15, 0.2) is 6.20 Å². The van der Waals surface area contributed by atoms with Crippen molar-refractivity contribution in [2.24, 2.45) is 5.41 Å². The second-order valence-corrected chi connectivity index (χ2v) is 4.13. The van der Waals surface area contributed by atoms with Crippen LogP contribution >= 0.6 is 0 Å². The maximum absolute atomic E-state index is 13.2. The molecule has 82 valence electrons. The van der Waals surface area contributed by atoms with E-state index in [1.165, 1.54) is 12.8 Å². The average Bonchev–Trinajstić information content (AvgIpc) is 3.00. The van der Waals surface area contributed by atoms with Crippen molar-refractivity contribution >= 4 is 11.8 Å². The summed E-state index contributed by atoms with van der Waals surface area (Å²) in [5.41, 5.74) is 5.74. The molecule has 0 spiro atoms. The van der Waals surface area contributed by atoms with Gasteiger partial charge < -0.3 is 11.1 Å². The number of rotatable bonds is 4. The lowest BCUT2D eigenvalue weighted by Crippen LogP contribution is -2.16. The molecule has 0 aromatic carbocycles. The third-order valence-corrected chi connectivity index (χ3v) is 3.10. The zero-order valence-corrected chi connectivity index (χ0v) is 8.76. The molecule has 4 nitrogen and oxygen atoms in total. The van der Waals surface area contributed by atoms with Gasteiger partial charge in [0.25, 0.3) is 0 Å². The predicted molar refractivity (Wildman–Crippen MR) is 56.9 cm³/mol. The monoisotopic (exact) mass is 210 g/mol. The summed E-state index contributed by atoms with van der Waals surface area (Å²) in [5.74, 6) is -0.140. The van der Waals surface area contributed by atoms with Crippen molar-refractivity contribution in [2.75, 3.05) is 17.6 Å². The Morgan fingerprint density at radius 2 is 2.33 bits per heavy atom. The van der Waals surface area contributed by atoms with Crippen LogP contribution in [0.1, 0.15) is 26.2 Å². The van der Waals surface area contributed by atoms with E-state index in [1.807, 2.05) is 0 Å². The van der Waals surface area contributed by atoms with E-state index in [4.69, 9.17) is 5.73 Å². The Hall–Kier alpha value is -1.39. The van der Waals surface area contributed by atoms with Gasteiger partial charge in [-0.05, 0) is 24.7 Å². The molecule has 0 aliphatic heterocycles. The zero-order chi connectivity index (χ0) is 10.9. The molecule has 0 bridgehead atoms. The van der Waals surface area contributed by atoms with Gasteiger partial charge in [0.05, 0.1) is 6.20 Å². The standard InChI is InChI=1S/C10H15FN4/c1-2-10(3-4-10)6-14-8-7(11)5-13-9(12)15-8/h5H,2-4,6H2,1H3,(H3,12,13,14,15). The Labute approximate surface area is 88.1 Å². The first kappa shape index (κ1) is 10.1. The number of anilines is 2. The van der Waals surface area contributed by atoms with Crippen LogP contribution < -0.4 is 11.1 Å². The molecule has 3 N–H and O–H groups in total. The molecule has 1 aromatic rings. The van der Waals surface area contributed by atoms with Gasteiger partial charge in [-0.15, -0.1) is 0 Å². The molecular formula is C10H15FN4. The van der Waals surface area contributed by atoms with Crippen LogP contribution in [0.3, 0.4) is 0 Å². The maximum atomic E-state index is 13.2. The van der Waals surface area contributed by atoms with E-state index < -0.39 is 5.82 Å². The van der Waals surface area contributed by atoms with Gasteiger partial charge in [0.1, 0.15) is 0 Å². The van der Waals surface area contributed by atoms with Crippen LogP contribution in [0.5, 0.6) is 0 Å². The summed E-state index contributed by atoms with van der Waals surface area (Å²) in [6, 6.07) is 0. The Balaban J connectivity index is 2.01. The Kier molecular flexibility index (Phi) is 2.46. The van der Waals surface area contributed by atoms with Crippen molar-refractivity contribution in [1.29, 1.82) is 0 Å². The minimum Gasteiger partial charge on any atom is -0.368 e. The van der Waals surface area contributed by atoms with E-state index >= 15 is 0 Å². The molecule has 5 heteroatoms. The fourth-order valence-corrected chi connectivity index (χ4v) is 1.61. The molecule has 0 saturated heterocycles. The molecule has 1 aliphatic carbocycles. The largest absolute Gasteiger partial charge is 0.368 e. The summed E-state index contributed by atoms with van der Waals surface area (Å²) >= 11 is 0. The first-order valence-electron chi connectivity index (χ1n) is 5.17. The van der Waals surface area contributed by atoms with Gasteiger partial charge in [0.2, 0.25) is 5.95 Å². The lowest BCUT2D eigenvalue weighted by Gasteiger charge is -2.14. The molecule has 15 heavy (non-hydrogen) atoms. The van der Waals surface area contributed by atoms with Gasteiger partial charge in [-0.1, -0.05) is 6.92 Å². The highest BCUT2D eigenvalue weighted by molar-refractivity contribution is 5.39. The fourth-order valence-electron chi connectivity index (χ4n) is 1.61. The molecule has 0 atom stereocenters. The van der Waals surface area contributed by atoms with Crippen LogP contribution in [0.25, 0.3) is 0 Å². The summed E-state index contributed by atoms with van der Waals surface area (Å²) in [7, 11) is 0. The Bertz CT molecular complexity index is 362. The molecule has 0 radical (unpaired) electrons. The van der Waals surface area contributed by atoms with Gasteiger partial charge in [-0.3, -0.25) is 0 Å². The normalized spacial score (nSPS) is 17.5. The van der Waals surface area contributed by atoms with Crippen LogP contribution in [0, 0.1) is 11.2 Å². The average molecular weight is 210 g/mol. The second-order valence-electron chi connectivity index (χ2n) is 4.13. The summed E-state index contributed by atoms with van der Waals surface area (Å²) < 4.78 is 13.2. The van der Waals surface area contributed by atoms with Crippen molar-refractivity contribution in [2.45, 2.75) is 26.2 Å². The number of nitrogens with zero attached hydrogens (tertiary/aromatic N) is 2. The highest BCUT2D eigenvalue weighted by Crippen LogP contribution is 2.48. The van der Waals surface area contributed by atoms with Crippen LogP contribution in [0.4, 0.5) is 16.2 Å². The van der Waals surface area contributed by atoms with E-state index in [9.17, 15) is 4.39 Å². The van der Waals surface area contributed by atoms with Crippen molar-refractivity contribution < 1.29 is 4.39 Å². The van der Waals surface area contributed by atoms with Gasteiger partial charge in [0.15, 0.2) is 11.6 Å². The Morgan fingerprint density at radius 1 is 1.60 bits per heavy atom. The van der Waals surface area contributed by atoms with Crippen molar-refractivity contribution in [3.63, 3.8) is 0 Å². The highest BCUT2D eigenvalue weighted by atomic mass is 19.1. The predicted octanol–water partition coefficient (Wildman–Crippen LogP) is 1.80. The van der Waals surface area contributed by atoms with E-state index in [0.29, 0.717) is 5.41 Å². The molecule has 0 amide bonds. The third kappa shape index (κ3) is 2.16. The maximum Gasteiger partial charge on any atom is 0.222 e. The van der Waals surface area contributed by atoms with Gasteiger partial charge in [0, 0.05) is 6.54 Å². The summed E-state index contributed by atoms with van der Waals surface area (Å²) in [6.07, 6.45) is 4.62. The smallest absolute Gasteiger partial charge is 0.222 e. The van der Waals surface area contributed by atoms with E-state index in [0.717, 1.165) is 19.2 Å². The van der Waals surface area contributed by atoms with Crippen LogP contribution in [0.2, 0.25) is 0 Å². The Morgan fingerprint density at radius 3 is 2.93 bits per heavy atom. The SMILES string of the molecule is CCC1(CNc2nc(N)ncc2F)CC1. The number of nitrogens with two attached hydrogens (primary N) is 1. The van der Waals surface area contributed by atoms with Gasteiger partial charge >= 0.3 is 0 Å². The fraction of sp³-hybridized carbons (Fsp3) is 0.600. The quantitative estimate of drug-likeness (QED) is 0.795.